The van der Waals surface area contributed by atoms with Gasteiger partial charge in [0.1, 0.15) is 5.75 Å². The molecule has 0 aliphatic carbocycles. The van der Waals surface area contributed by atoms with Crippen LogP contribution in [-0.4, -0.2) is 18.8 Å². The van der Waals surface area contributed by atoms with Crippen LogP contribution >= 0.6 is 0 Å². The molecule has 2 heteroatoms. The Balaban J connectivity index is 1.46. The Bertz CT molecular complexity index is 332. The number of rotatable bonds is 9. The lowest BCUT2D eigenvalue weighted by Gasteiger charge is -2.26. The first kappa shape index (κ1) is 14.4. The second-order valence-electron chi connectivity index (χ2n) is 5.51. The van der Waals surface area contributed by atoms with Crippen molar-refractivity contribution < 1.29 is 9.47 Å². The van der Waals surface area contributed by atoms with E-state index in [-0.39, 0.29) is 0 Å². The highest BCUT2D eigenvalue weighted by Crippen LogP contribution is 2.19. The predicted molar refractivity (Wildman–Crippen MR) is 78.6 cm³/mol. The highest BCUT2D eigenvalue weighted by atomic mass is 16.5. The standard InChI is InChI=1S/C17H26O2/c1-15(19-17-11-7-4-8-12-17)9-5-2-3-6-10-16-13-14-18-16/h4,7-8,11-12,15-16H,2-3,5-6,9-10,13-14H2,1H3. The van der Waals surface area contributed by atoms with Crippen LogP contribution in [0.25, 0.3) is 0 Å². The summed E-state index contributed by atoms with van der Waals surface area (Å²) < 4.78 is 11.3. The number of benzene rings is 1. The molecule has 19 heavy (non-hydrogen) atoms. The van der Waals surface area contributed by atoms with Gasteiger partial charge in [0.25, 0.3) is 0 Å². The van der Waals surface area contributed by atoms with Crippen LogP contribution in [0.15, 0.2) is 30.3 Å². The van der Waals surface area contributed by atoms with Crippen molar-refractivity contribution in [1.29, 1.82) is 0 Å². The molecule has 1 fully saturated rings. The summed E-state index contributed by atoms with van der Waals surface area (Å²) in [5.74, 6) is 0.983. The molecule has 0 saturated carbocycles. The first-order chi connectivity index (χ1) is 9.34. The molecule has 0 amide bonds. The predicted octanol–water partition coefficient (Wildman–Crippen LogP) is 4.58. The SMILES string of the molecule is CC(CCCCCCC1CCO1)Oc1ccccc1. The topological polar surface area (TPSA) is 18.5 Å². The van der Waals surface area contributed by atoms with Crippen LogP contribution in [-0.2, 0) is 4.74 Å². The molecule has 1 aromatic rings. The smallest absolute Gasteiger partial charge is 0.119 e. The normalized spacial score (nSPS) is 19.7. The molecule has 0 radical (unpaired) electrons. The lowest BCUT2D eigenvalue weighted by molar-refractivity contribution is -0.0556. The van der Waals surface area contributed by atoms with E-state index in [0.29, 0.717) is 12.2 Å². The third-order valence-corrected chi connectivity index (χ3v) is 3.76. The molecular formula is C17H26O2. The molecule has 106 valence electrons. The van der Waals surface area contributed by atoms with E-state index < -0.39 is 0 Å². The maximum atomic E-state index is 5.87. The second-order valence-corrected chi connectivity index (χ2v) is 5.51. The van der Waals surface area contributed by atoms with Crippen LogP contribution < -0.4 is 4.74 Å². The van der Waals surface area contributed by atoms with Gasteiger partial charge in [-0.25, -0.2) is 0 Å². The summed E-state index contributed by atoms with van der Waals surface area (Å²) >= 11 is 0. The van der Waals surface area contributed by atoms with Crippen LogP contribution in [0.1, 0.15) is 51.9 Å². The molecule has 1 aromatic carbocycles. The number of unbranched alkanes of at least 4 members (excludes halogenated alkanes) is 3. The minimum atomic E-state index is 0.317. The highest BCUT2D eigenvalue weighted by molar-refractivity contribution is 5.21. The van der Waals surface area contributed by atoms with E-state index in [4.69, 9.17) is 9.47 Å². The van der Waals surface area contributed by atoms with Gasteiger partial charge in [-0.15, -0.1) is 0 Å². The van der Waals surface area contributed by atoms with Crippen molar-refractivity contribution in [3.8, 4) is 5.75 Å². The lowest BCUT2D eigenvalue weighted by Crippen LogP contribution is -2.26. The van der Waals surface area contributed by atoms with E-state index >= 15 is 0 Å². The van der Waals surface area contributed by atoms with Gasteiger partial charge in [0.15, 0.2) is 0 Å². The van der Waals surface area contributed by atoms with Crippen molar-refractivity contribution >= 4 is 0 Å². The van der Waals surface area contributed by atoms with Gasteiger partial charge in [-0.05, 0) is 44.7 Å². The quantitative estimate of drug-likeness (QED) is 0.606. The van der Waals surface area contributed by atoms with E-state index in [9.17, 15) is 0 Å². The molecular weight excluding hydrogens is 236 g/mol. The molecule has 2 rings (SSSR count). The Labute approximate surface area is 117 Å². The molecule has 2 unspecified atom stereocenters. The largest absolute Gasteiger partial charge is 0.491 e. The lowest BCUT2D eigenvalue weighted by atomic mass is 10.0. The molecule has 0 bridgehead atoms. The van der Waals surface area contributed by atoms with Gasteiger partial charge in [0, 0.05) is 6.61 Å². The summed E-state index contributed by atoms with van der Waals surface area (Å²) in [6, 6.07) is 10.1. The summed E-state index contributed by atoms with van der Waals surface area (Å²) in [7, 11) is 0. The van der Waals surface area contributed by atoms with E-state index in [2.05, 4.69) is 6.92 Å². The maximum Gasteiger partial charge on any atom is 0.119 e. The van der Waals surface area contributed by atoms with E-state index in [0.717, 1.165) is 18.8 Å². The van der Waals surface area contributed by atoms with Crippen molar-refractivity contribution in [3.05, 3.63) is 30.3 Å². The molecule has 1 aliphatic heterocycles. The Morgan fingerprint density at radius 2 is 1.89 bits per heavy atom. The zero-order valence-electron chi connectivity index (χ0n) is 12.0. The molecule has 1 saturated heterocycles. The molecule has 1 heterocycles. The molecule has 0 aromatic heterocycles. The zero-order chi connectivity index (χ0) is 13.3. The molecule has 2 nitrogen and oxygen atoms in total. The van der Waals surface area contributed by atoms with Crippen LogP contribution in [0.4, 0.5) is 0 Å². The van der Waals surface area contributed by atoms with E-state index in [1.807, 2.05) is 30.3 Å². The summed E-state index contributed by atoms with van der Waals surface area (Å²) in [4.78, 5) is 0. The van der Waals surface area contributed by atoms with Crippen molar-refractivity contribution in [2.45, 2.75) is 64.1 Å². The summed E-state index contributed by atoms with van der Waals surface area (Å²) in [5.41, 5.74) is 0. The van der Waals surface area contributed by atoms with Crippen molar-refractivity contribution in [2.75, 3.05) is 6.61 Å². The zero-order valence-corrected chi connectivity index (χ0v) is 12.0. The van der Waals surface area contributed by atoms with Gasteiger partial charge in [-0.1, -0.05) is 37.5 Å². The third-order valence-electron chi connectivity index (χ3n) is 3.76. The van der Waals surface area contributed by atoms with Gasteiger partial charge in [-0.3, -0.25) is 0 Å². The van der Waals surface area contributed by atoms with Gasteiger partial charge in [-0.2, -0.15) is 0 Å². The molecule has 1 aliphatic rings. The van der Waals surface area contributed by atoms with E-state index in [1.165, 1.54) is 38.5 Å². The highest BCUT2D eigenvalue weighted by Gasteiger charge is 2.16. The third kappa shape index (κ3) is 5.65. The number of para-hydroxylation sites is 1. The van der Waals surface area contributed by atoms with E-state index in [1.54, 1.807) is 0 Å². The van der Waals surface area contributed by atoms with Crippen LogP contribution in [0.5, 0.6) is 5.75 Å². The second kappa shape index (κ2) is 8.21. The average molecular weight is 262 g/mol. The van der Waals surface area contributed by atoms with Crippen molar-refractivity contribution in [3.63, 3.8) is 0 Å². The van der Waals surface area contributed by atoms with Crippen LogP contribution in [0.3, 0.4) is 0 Å². The van der Waals surface area contributed by atoms with Gasteiger partial charge >= 0.3 is 0 Å². The Hall–Kier alpha value is -1.02. The molecule has 0 N–H and O–H groups in total. The minimum absolute atomic E-state index is 0.317. The van der Waals surface area contributed by atoms with Gasteiger partial charge in [0.05, 0.1) is 12.2 Å². The Kier molecular flexibility index (Phi) is 6.22. The number of ether oxygens (including phenoxy) is 2. The van der Waals surface area contributed by atoms with Crippen LogP contribution in [0, 0.1) is 0 Å². The van der Waals surface area contributed by atoms with Crippen molar-refractivity contribution in [2.24, 2.45) is 0 Å². The molecule has 2 atom stereocenters. The van der Waals surface area contributed by atoms with Crippen molar-refractivity contribution in [1.82, 2.24) is 0 Å². The summed E-state index contributed by atoms with van der Waals surface area (Å²) in [6.45, 7) is 3.15. The first-order valence-electron chi connectivity index (χ1n) is 7.68. The Morgan fingerprint density at radius 1 is 1.16 bits per heavy atom. The summed E-state index contributed by atoms with van der Waals surface area (Å²) in [5, 5.41) is 0. The average Bonchev–Trinajstić information content (AvgIpc) is 2.36. The minimum Gasteiger partial charge on any atom is -0.491 e. The van der Waals surface area contributed by atoms with Gasteiger partial charge < -0.3 is 9.47 Å². The fourth-order valence-corrected chi connectivity index (χ4v) is 2.46. The fraction of sp³-hybridized carbons (Fsp3) is 0.647. The fourth-order valence-electron chi connectivity index (χ4n) is 2.46. The Morgan fingerprint density at radius 3 is 2.58 bits per heavy atom. The number of hydrogen-bond acceptors (Lipinski definition) is 2. The van der Waals surface area contributed by atoms with Crippen LogP contribution in [0.2, 0.25) is 0 Å². The maximum absolute atomic E-state index is 5.87. The first-order valence-corrected chi connectivity index (χ1v) is 7.68. The number of hydrogen-bond donors (Lipinski definition) is 0. The van der Waals surface area contributed by atoms with Gasteiger partial charge in [0.2, 0.25) is 0 Å². The molecule has 0 spiro atoms. The monoisotopic (exact) mass is 262 g/mol. The summed E-state index contributed by atoms with van der Waals surface area (Å²) in [6.07, 6.45) is 9.82.